The van der Waals surface area contributed by atoms with Crippen LogP contribution in [0.15, 0.2) is 78.6 Å². The highest BCUT2D eigenvalue weighted by atomic mass is 16.5. The van der Waals surface area contributed by atoms with Gasteiger partial charge in [-0.2, -0.15) is 0 Å². The van der Waals surface area contributed by atoms with Gasteiger partial charge in [0, 0.05) is 17.3 Å². The van der Waals surface area contributed by atoms with Gasteiger partial charge in [-0.1, -0.05) is 75.8 Å². The summed E-state index contributed by atoms with van der Waals surface area (Å²) in [5.74, 6) is 0.329. The van der Waals surface area contributed by atoms with Crippen molar-refractivity contribution in [3.8, 4) is 11.3 Å². The lowest BCUT2D eigenvalue weighted by Gasteiger charge is -2.45. The molecule has 2 aromatic rings. The number of fused-ring (bicyclic) bond motifs is 1. The van der Waals surface area contributed by atoms with Crippen LogP contribution < -0.4 is 5.32 Å². The number of benzene rings is 1. The maximum atomic E-state index is 14.1. The first kappa shape index (κ1) is 28.0. The summed E-state index contributed by atoms with van der Waals surface area (Å²) in [7, 11) is 1.60. The van der Waals surface area contributed by atoms with E-state index in [4.69, 9.17) is 4.74 Å². The number of allylic oxidation sites excluding steroid dienone is 3. The van der Waals surface area contributed by atoms with E-state index < -0.39 is 5.54 Å². The van der Waals surface area contributed by atoms with E-state index in [1.54, 1.807) is 18.1 Å². The highest BCUT2D eigenvalue weighted by molar-refractivity contribution is 6.00. The van der Waals surface area contributed by atoms with Crippen LogP contribution >= 0.6 is 0 Å². The molecule has 1 aromatic heterocycles. The van der Waals surface area contributed by atoms with Crippen LogP contribution in [0.1, 0.15) is 63.9 Å². The fourth-order valence-corrected chi connectivity index (χ4v) is 5.17. The number of ether oxygens (including phenoxy) is 1. The van der Waals surface area contributed by atoms with Crippen molar-refractivity contribution < 1.29 is 14.3 Å². The minimum absolute atomic E-state index is 0.0733. The molecule has 1 N–H and O–H groups in total. The molecule has 1 aromatic carbocycles. The van der Waals surface area contributed by atoms with Crippen molar-refractivity contribution in [3.63, 3.8) is 0 Å². The van der Waals surface area contributed by atoms with Gasteiger partial charge in [0.15, 0.2) is 0 Å². The minimum atomic E-state index is -1.11. The molecule has 1 unspecified atom stereocenters. The highest BCUT2D eigenvalue weighted by Crippen LogP contribution is 2.34. The molecule has 0 spiro atoms. The smallest absolute Gasteiger partial charge is 0.271 e. The predicted octanol–water partition coefficient (Wildman–Crippen LogP) is 6.12. The Morgan fingerprint density at radius 3 is 2.35 bits per heavy atom. The number of methoxy groups -OCH3 is 1. The Morgan fingerprint density at radius 1 is 1.14 bits per heavy atom. The molecule has 1 aliphatic heterocycles. The van der Waals surface area contributed by atoms with Crippen molar-refractivity contribution in [1.82, 2.24) is 14.8 Å². The van der Waals surface area contributed by atoms with Crippen molar-refractivity contribution in [3.05, 3.63) is 84.3 Å². The maximum absolute atomic E-state index is 14.1. The number of rotatable bonds is 12. The second kappa shape index (κ2) is 12.6. The molecular weight excluding hydrogens is 462 g/mol. The standard InChI is InChI=1S/C31H41N3O3/c1-7-14-24(28(10-4)37-6)21-34-29(35)27-20-19-26(23-17-12-11-13-18-23)33(27)22-31(34,5)30(36)32-25(15-8-2)16-9-3/h7,10-14,17-20,25H,1,8-9,15-16,21-22H2,2-6H3,(H,32,36)/b24-14-,28-10+. The zero-order valence-electron chi connectivity index (χ0n) is 22.9. The van der Waals surface area contributed by atoms with Gasteiger partial charge in [0.05, 0.1) is 20.2 Å². The molecule has 1 aliphatic rings. The number of aromatic nitrogens is 1. The molecule has 0 bridgehead atoms. The Balaban J connectivity index is 2.11. The third-order valence-corrected chi connectivity index (χ3v) is 7.12. The number of hydrogen-bond acceptors (Lipinski definition) is 3. The molecule has 0 aliphatic carbocycles. The molecule has 2 heterocycles. The van der Waals surface area contributed by atoms with Crippen molar-refractivity contribution in [2.45, 2.75) is 71.5 Å². The summed E-state index contributed by atoms with van der Waals surface area (Å²) in [4.78, 5) is 29.8. The van der Waals surface area contributed by atoms with Crippen LogP contribution in [0.3, 0.4) is 0 Å². The number of nitrogens with zero attached hydrogens (tertiary/aromatic N) is 2. The van der Waals surface area contributed by atoms with Crippen LogP contribution in [-0.2, 0) is 16.1 Å². The first-order valence-electron chi connectivity index (χ1n) is 13.2. The third kappa shape index (κ3) is 5.90. The fraction of sp³-hybridized carbons (Fsp3) is 0.419. The monoisotopic (exact) mass is 503 g/mol. The summed E-state index contributed by atoms with van der Waals surface area (Å²) >= 11 is 0. The lowest BCUT2D eigenvalue weighted by atomic mass is 9.92. The van der Waals surface area contributed by atoms with Crippen LogP contribution in [0.4, 0.5) is 0 Å². The molecule has 0 saturated carbocycles. The van der Waals surface area contributed by atoms with Crippen LogP contribution in [0.25, 0.3) is 11.3 Å². The van der Waals surface area contributed by atoms with Gasteiger partial charge in [-0.15, -0.1) is 0 Å². The minimum Gasteiger partial charge on any atom is -0.497 e. The number of nitrogens with one attached hydrogen (secondary N) is 1. The predicted molar refractivity (Wildman–Crippen MR) is 150 cm³/mol. The van der Waals surface area contributed by atoms with Crippen LogP contribution in [0.2, 0.25) is 0 Å². The van der Waals surface area contributed by atoms with Gasteiger partial charge in [-0.3, -0.25) is 9.59 Å². The van der Waals surface area contributed by atoms with E-state index in [1.807, 2.05) is 73.0 Å². The van der Waals surface area contributed by atoms with E-state index >= 15 is 0 Å². The lowest BCUT2D eigenvalue weighted by Crippen LogP contribution is -2.65. The zero-order chi connectivity index (χ0) is 27.0. The topological polar surface area (TPSA) is 63.6 Å². The number of carbonyl (C=O) groups excluding carboxylic acids is 2. The van der Waals surface area contributed by atoms with Crippen LogP contribution in [0.5, 0.6) is 0 Å². The van der Waals surface area contributed by atoms with Crippen molar-refractivity contribution in [2.75, 3.05) is 13.7 Å². The third-order valence-electron chi connectivity index (χ3n) is 7.12. The molecule has 0 radical (unpaired) electrons. The Kier molecular flexibility index (Phi) is 9.56. The normalized spacial score (nSPS) is 18.1. The van der Waals surface area contributed by atoms with E-state index in [1.165, 1.54) is 0 Å². The van der Waals surface area contributed by atoms with E-state index in [2.05, 4.69) is 25.7 Å². The van der Waals surface area contributed by atoms with Gasteiger partial charge in [0.2, 0.25) is 5.91 Å². The van der Waals surface area contributed by atoms with Crippen molar-refractivity contribution in [2.24, 2.45) is 0 Å². The molecule has 0 saturated heterocycles. The van der Waals surface area contributed by atoms with E-state index in [0.29, 0.717) is 18.0 Å². The van der Waals surface area contributed by atoms with Gasteiger partial charge in [0.1, 0.15) is 17.0 Å². The number of amides is 2. The first-order chi connectivity index (χ1) is 17.8. The fourth-order valence-electron chi connectivity index (χ4n) is 5.17. The van der Waals surface area contributed by atoms with Gasteiger partial charge in [0.25, 0.3) is 5.91 Å². The SMILES string of the molecule is C=C/C=C(CN1C(=O)c2ccc(-c3ccccc3)n2CC1(C)C(=O)NC(CCC)CCC)\C(=C/C)OC. The second-order valence-corrected chi connectivity index (χ2v) is 9.75. The van der Waals surface area contributed by atoms with Crippen molar-refractivity contribution in [1.29, 1.82) is 0 Å². The van der Waals surface area contributed by atoms with Crippen molar-refractivity contribution >= 4 is 11.8 Å². The molecule has 3 rings (SSSR count). The average Bonchev–Trinajstić information content (AvgIpc) is 3.31. The summed E-state index contributed by atoms with van der Waals surface area (Å²) in [6.07, 6.45) is 9.14. The lowest BCUT2D eigenvalue weighted by molar-refractivity contribution is -0.133. The summed E-state index contributed by atoms with van der Waals surface area (Å²) in [5, 5.41) is 3.29. The maximum Gasteiger partial charge on any atom is 0.271 e. The van der Waals surface area contributed by atoms with Crippen LogP contribution in [-0.4, -0.2) is 46.5 Å². The molecule has 6 nitrogen and oxygen atoms in total. The molecular formula is C31H41N3O3. The summed E-state index contributed by atoms with van der Waals surface area (Å²) in [6.45, 7) is 12.4. The van der Waals surface area contributed by atoms with Gasteiger partial charge < -0.3 is 19.5 Å². The molecule has 2 amide bonds. The Morgan fingerprint density at radius 2 is 1.78 bits per heavy atom. The summed E-state index contributed by atoms with van der Waals surface area (Å²) in [6, 6.07) is 13.9. The quantitative estimate of drug-likeness (QED) is 0.280. The van der Waals surface area contributed by atoms with E-state index in [0.717, 1.165) is 42.5 Å². The number of carbonyl (C=O) groups is 2. The first-order valence-corrected chi connectivity index (χ1v) is 13.2. The van der Waals surface area contributed by atoms with E-state index in [9.17, 15) is 9.59 Å². The summed E-state index contributed by atoms with van der Waals surface area (Å²) < 4.78 is 7.57. The van der Waals surface area contributed by atoms with Gasteiger partial charge in [-0.25, -0.2) is 0 Å². The zero-order valence-corrected chi connectivity index (χ0v) is 22.9. The Hall–Kier alpha value is -3.54. The van der Waals surface area contributed by atoms with Gasteiger partial charge in [-0.05, 0) is 50.5 Å². The molecule has 198 valence electrons. The largest absolute Gasteiger partial charge is 0.497 e. The number of hydrogen-bond donors (Lipinski definition) is 1. The average molecular weight is 504 g/mol. The molecule has 0 fully saturated rings. The second-order valence-electron chi connectivity index (χ2n) is 9.75. The molecule has 6 heteroatoms. The van der Waals surface area contributed by atoms with Crippen LogP contribution in [0, 0.1) is 0 Å². The van der Waals surface area contributed by atoms with E-state index in [-0.39, 0.29) is 24.4 Å². The highest BCUT2D eigenvalue weighted by Gasteiger charge is 2.48. The van der Waals surface area contributed by atoms with Gasteiger partial charge >= 0.3 is 0 Å². The summed E-state index contributed by atoms with van der Waals surface area (Å²) in [5.41, 5.74) is 2.18. The Labute approximate surface area is 221 Å². The molecule has 37 heavy (non-hydrogen) atoms. The molecule has 1 atom stereocenters. The Bertz CT molecular complexity index is 1160.